The summed E-state index contributed by atoms with van der Waals surface area (Å²) in [6, 6.07) is 6.09. The van der Waals surface area contributed by atoms with E-state index in [2.05, 4.69) is 26.6 Å². The first-order chi connectivity index (χ1) is 11.9. The van der Waals surface area contributed by atoms with Gasteiger partial charge in [0.1, 0.15) is 0 Å². The molecule has 0 spiro atoms. The summed E-state index contributed by atoms with van der Waals surface area (Å²) in [6.45, 7) is 6.69. The lowest BCUT2D eigenvalue weighted by atomic mass is 10.1. The molecule has 1 aliphatic heterocycles. The predicted octanol–water partition coefficient (Wildman–Crippen LogP) is 2.25. The first-order valence-electron chi connectivity index (χ1n) is 8.38. The van der Waals surface area contributed by atoms with E-state index in [0.29, 0.717) is 24.7 Å². The van der Waals surface area contributed by atoms with Crippen LogP contribution < -0.4 is 10.2 Å². The summed E-state index contributed by atoms with van der Waals surface area (Å²) in [5.41, 5.74) is 3.27. The molecule has 1 aliphatic rings. The standard InChI is InChI=1S/C17H23N5O2S/c1-4-22(15-5-6-25(23,24)11-15)17-20-16(10-18-21-17)19-14-8-12(2)7-13(3)9-14/h7-10,15H,4-6,11H2,1-3H3,(H,19,20,21). The highest BCUT2D eigenvalue weighted by Crippen LogP contribution is 2.23. The molecule has 2 aromatic rings. The topological polar surface area (TPSA) is 88.1 Å². The van der Waals surface area contributed by atoms with E-state index in [-0.39, 0.29) is 17.5 Å². The number of nitrogens with one attached hydrogen (secondary N) is 1. The highest BCUT2D eigenvalue weighted by atomic mass is 32.2. The molecule has 0 bridgehead atoms. The third-order valence-corrected chi connectivity index (χ3v) is 6.04. The zero-order valence-corrected chi connectivity index (χ0v) is 15.5. The third kappa shape index (κ3) is 4.25. The molecule has 8 heteroatoms. The van der Waals surface area contributed by atoms with Crippen molar-refractivity contribution in [1.29, 1.82) is 0 Å². The molecule has 0 aliphatic carbocycles. The monoisotopic (exact) mass is 361 g/mol. The van der Waals surface area contributed by atoms with Crippen molar-refractivity contribution >= 4 is 27.3 Å². The van der Waals surface area contributed by atoms with E-state index in [1.807, 2.05) is 37.8 Å². The largest absolute Gasteiger partial charge is 0.339 e. The first kappa shape index (κ1) is 17.6. The number of hydrogen-bond acceptors (Lipinski definition) is 7. The number of aromatic nitrogens is 3. The second-order valence-corrected chi connectivity index (χ2v) is 8.71. The average molecular weight is 361 g/mol. The minimum Gasteiger partial charge on any atom is -0.339 e. The van der Waals surface area contributed by atoms with Gasteiger partial charge in [-0.1, -0.05) is 6.07 Å². The second kappa shape index (κ2) is 6.95. The summed E-state index contributed by atoms with van der Waals surface area (Å²) in [5, 5.41) is 11.4. The van der Waals surface area contributed by atoms with Crippen molar-refractivity contribution in [3.8, 4) is 0 Å². The van der Waals surface area contributed by atoms with E-state index in [1.165, 1.54) is 0 Å². The van der Waals surface area contributed by atoms with E-state index in [1.54, 1.807) is 6.20 Å². The van der Waals surface area contributed by atoms with E-state index < -0.39 is 9.84 Å². The molecule has 1 saturated heterocycles. The van der Waals surface area contributed by atoms with E-state index >= 15 is 0 Å². The van der Waals surface area contributed by atoms with Gasteiger partial charge in [-0.3, -0.25) is 0 Å². The second-order valence-electron chi connectivity index (χ2n) is 6.49. The molecular weight excluding hydrogens is 338 g/mol. The molecule has 1 aromatic heterocycles. The van der Waals surface area contributed by atoms with Gasteiger partial charge in [0, 0.05) is 18.3 Å². The van der Waals surface area contributed by atoms with Gasteiger partial charge in [-0.25, -0.2) is 8.42 Å². The summed E-state index contributed by atoms with van der Waals surface area (Å²) < 4.78 is 23.5. The number of anilines is 3. The van der Waals surface area contributed by atoms with Crippen molar-refractivity contribution in [2.24, 2.45) is 0 Å². The number of aryl methyl sites for hydroxylation is 2. The lowest BCUT2D eigenvalue weighted by Gasteiger charge is -2.26. The quantitative estimate of drug-likeness (QED) is 0.874. The molecular formula is C17H23N5O2S. The molecule has 1 aromatic carbocycles. The van der Waals surface area contributed by atoms with Crippen molar-refractivity contribution in [3.63, 3.8) is 0 Å². The lowest BCUT2D eigenvalue weighted by molar-refractivity contribution is 0.598. The van der Waals surface area contributed by atoms with Gasteiger partial charge in [-0.05, 0) is 50.5 Å². The Morgan fingerprint density at radius 3 is 2.56 bits per heavy atom. The van der Waals surface area contributed by atoms with Crippen LogP contribution in [0.5, 0.6) is 0 Å². The smallest absolute Gasteiger partial charge is 0.247 e. The van der Waals surface area contributed by atoms with Crippen molar-refractivity contribution in [2.75, 3.05) is 28.3 Å². The Balaban J connectivity index is 1.82. The normalized spacial score (nSPS) is 18.9. The molecule has 1 fully saturated rings. The zero-order chi connectivity index (χ0) is 18.0. The average Bonchev–Trinajstić information content (AvgIpc) is 2.87. The predicted molar refractivity (Wildman–Crippen MR) is 99.1 cm³/mol. The van der Waals surface area contributed by atoms with Crippen LogP contribution in [0.1, 0.15) is 24.5 Å². The summed E-state index contributed by atoms with van der Waals surface area (Å²) >= 11 is 0. The summed E-state index contributed by atoms with van der Waals surface area (Å²) in [7, 11) is -2.96. The van der Waals surface area contributed by atoms with Crippen LogP contribution in [0.15, 0.2) is 24.4 Å². The SMILES string of the molecule is CCN(c1nncc(Nc2cc(C)cc(C)c2)n1)C1CCS(=O)(=O)C1. The Bertz CT molecular complexity index is 849. The van der Waals surface area contributed by atoms with E-state index in [4.69, 9.17) is 0 Å². The molecule has 0 saturated carbocycles. The van der Waals surface area contributed by atoms with Crippen LogP contribution in [-0.4, -0.2) is 47.7 Å². The van der Waals surface area contributed by atoms with Crippen molar-refractivity contribution in [3.05, 3.63) is 35.5 Å². The summed E-state index contributed by atoms with van der Waals surface area (Å²) in [4.78, 5) is 6.46. The fourth-order valence-corrected chi connectivity index (χ4v) is 4.99. The van der Waals surface area contributed by atoms with Gasteiger partial charge in [0.25, 0.3) is 0 Å². The van der Waals surface area contributed by atoms with Crippen LogP contribution >= 0.6 is 0 Å². The zero-order valence-electron chi connectivity index (χ0n) is 14.7. The summed E-state index contributed by atoms with van der Waals surface area (Å²) in [6.07, 6.45) is 2.18. The highest BCUT2D eigenvalue weighted by Gasteiger charge is 2.33. The van der Waals surface area contributed by atoms with Crippen molar-refractivity contribution < 1.29 is 8.42 Å². The Hall–Kier alpha value is -2.22. The Morgan fingerprint density at radius 2 is 1.96 bits per heavy atom. The molecule has 3 rings (SSSR count). The molecule has 1 N–H and O–H groups in total. The molecule has 1 atom stereocenters. The van der Waals surface area contributed by atoms with Crippen LogP contribution in [0.25, 0.3) is 0 Å². The number of rotatable bonds is 5. The summed E-state index contributed by atoms with van der Waals surface area (Å²) in [5.74, 6) is 1.43. The Morgan fingerprint density at radius 1 is 1.24 bits per heavy atom. The van der Waals surface area contributed by atoms with Gasteiger partial charge in [-0.15, -0.1) is 5.10 Å². The van der Waals surface area contributed by atoms with Crippen LogP contribution in [0.3, 0.4) is 0 Å². The first-order valence-corrected chi connectivity index (χ1v) is 10.2. The van der Waals surface area contributed by atoms with Crippen LogP contribution in [0.2, 0.25) is 0 Å². The molecule has 134 valence electrons. The maximum atomic E-state index is 11.8. The molecule has 7 nitrogen and oxygen atoms in total. The number of hydrogen-bond donors (Lipinski definition) is 1. The van der Waals surface area contributed by atoms with Gasteiger partial charge < -0.3 is 10.2 Å². The fourth-order valence-electron chi connectivity index (χ4n) is 3.25. The van der Waals surface area contributed by atoms with Crippen LogP contribution in [-0.2, 0) is 9.84 Å². The van der Waals surface area contributed by atoms with E-state index in [0.717, 1.165) is 16.8 Å². The van der Waals surface area contributed by atoms with Crippen molar-refractivity contribution in [1.82, 2.24) is 15.2 Å². The molecule has 0 radical (unpaired) electrons. The molecule has 25 heavy (non-hydrogen) atoms. The van der Waals surface area contributed by atoms with Crippen LogP contribution in [0, 0.1) is 13.8 Å². The molecule has 2 heterocycles. The van der Waals surface area contributed by atoms with Gasteiger partial charge in [-0.2, -0.15) is 10.1 Å². The minimum atomic E-state index is -2.96. The van der Waals surface area contributed by atoms with Gasteiger partial charge >= 0.3 is 0 Å². The van der Waals surface area contributed by atoms with Crippen LogP contribution in [0.4, 0.5) is 17.5 Å². The van der Waals surface area contributed by atoms with E-state index in [9.17, 15) is 8.42 Å². The molecule has 0 amide bonds. The third-order valence-electron chi connectivity index (χ3n) is 4.29. The number of sulfone groups is 1. The Labute approximate surface area is 148 Å². The minimum absolute atomic E-state index is 0.0896. The number of benzene rings is 1. The van der Waals surface area contributed by atoms with Gasteiger partial charge in [0.05, 0.1) is 17.7 Å². The maximum Gasteiger partial charge on any atom is 0.247 e. The molecule has 1 unspecified atom stereocenters. The lowest BCUT2D eigenvalue weighted by Crippen LogP contribution is -2.37. The highest BCUT2D eigenvalue weighted by molar-refractivity contribution is 7.91. The maximum absolute atomic E-state index is 11.8. The van der Waals surface area contributed by atoms with Gasteiger partial charge in [0.15, 0.2) is 15.7 Å². The number of nitrogens with zero attached hydrogens (tertiary/aromatic N) is 4. The Kier molecular flexibility index (Phi) is 4.89. The fraction of sp³-hybridized carbons (Fsp3) is 0.471. The van der Waals surface area contributed by atoms with Gasteiger partial charge in [0.2, 0.25) is 5.95 Å². The van der Waals surface area contributed by atoms with Crippen molar-refractivity contribution in [2.45, 2.75) is 33.2 Å².